The molecule has 1 saturated heterocycles. The first kappa shape index (κ1) is 22.4. The number of piperidine rings is 1. The van der Waals surface area contributed by atoms with Crippen LogP contribution in [0, 0.1) is 5.92 Å². The van der Waals surface area contributed by atoms with E-state index >= 15 is 0 Å². The van der Waals surface area contributed by atoms with Gasteiger partial charge in [0.25, 0.3) is 6.01 Å². The van der Waals surface area contributed by atoms with E-state index in [0.717, 1.165) is 23.9 Å². The summed E-state index contributed by atoms with van der Waals surface area (Å²) >= 11 is 6.25. The molecule has 0 aliphatic carbocycles. The molecule has 1 fully saturated rings. The Morgan fingerprint density at radius 3 is 2.56 bits per heavy atom. The van der Waals surface area contributed by atoms with Gasteiger partial charge >= 0.3 is 0 Å². The molecule has 3 heterocycles. The lowest BCUT2D eigenvalue weighted by atomic mass is 9.95. The van der Waals surface area contributed by atoms with E-state index in [4.69, 9.17) is 20.4 Å². The average molecular weight is 480 g/mol. The highest BCUT2D eigenvalue weighted by Gasteiger charge is 2.32. The standard InChI is InChI=1S/C25H26ClN5O3/c1-16(2)31(15-22-28-29-23(34-22)18-7-3-4-8-19(18)26)24(32)17-11-13-30(14-12-17)25-27-20-9-5-6-10-21(20)33-25/h3-10,16-17H,11-15H2,1-2H3. The van der Waals surface area contributed by atoms with Gasteiger partial charge in [-0.2, -0.15) is 4.98 Å². The predicted octanol–water partition coefficient (Wildman–Crippen LogP) is 5.18. The Kier molecular flexibility index (Phi) is 6.24. The molecule has 0 bridgehead atoms. The van der Waals surface area contributed by atoms with E-state index in [2.05, 4.69) is 20.1 Å². The number of nitrogens with zero attached hydrogens (tertiary/aromatic N) is 5. The fourth-order valence-electron chi connectivity index (χ4n) is 4.27. The number of carbonyl (C=O) groups excluding carboxylic acids is 1. The van der Waals surface area contributed by atoms with E-state index in [1.807, 2.05) is 61.2 Å². The summed E-state index contributed by atoms with van der Waals surface area (Å²) in [6.45, 7) is 5.69. The first-order valence-corrected chi connectivity index (χ1v) is 11.9. The van der Waals surface area contributed by atoms with Crippen molar-refractivity contribution in [1.29, 1.82) is 0 Å². The van der Waals surface area contributed by atoms with Gasteiger partial charge in [-0.05, 0) is 51.0 Å². The van der Waals surface area contributed by atoms with Crippen LogP contribution < -0.4 is 4.90 Å². The second-order valence-electron chi connectivity index (χ2n) is 8.77. The summed E-state index contributed by atoms with van der Waals surface area (Å²) < 4.78 is 11.7. The molecule has 1 aliphatic rings. The third kappa shape index (κ3) is 4.50. The highest BCUT2D eigenvalue weighted by atomic mass is 35.5. The fraction of sp³-hybridized carbons (Fsp3) is 0.360. The van der Waals surface area contributed by atoms with E-state index in [0.29, 0.717) is 41.5 Å². The lowest BCUT2D eigenvalue weighted by Gasteiger charge is -2.34. The number of carbonyl (C=O) groups is 1. The van der Waals surface area contributed by atoms with E-state index in [9.17, 15) is 4.79 Å². The molecule has 0 saturated carbocycles. The third-order valence-electron chi connectivity index (χ3n) is 6.18. The van der Waals surface area contributed by atoms with Crippen LogP contribution in [0.3, 0.4) is 0 Å². The molecule has 8 nitrogen and oxygen atoms in total. The number of amides is 1. The van der Waals surface area contributed by atoms with Gasteiger partial charge in [0.05, 0.1) is 17.1 Å². The molecular weight excluding hydrogens is 454 g/mol. The van der Waals surface area contributed by atoms with Crippen LogP contribution in [0.5, 0.6) is 0 Å². The van der Waals surface area contributed by atoms with Crippen LogP contribution in [0.1, 0.15) is 32.6 Å². The summed E-state index contributed by atoms with van der Waals surface area (Å²) in [6, 6.07) is 15.7. The van der Waals surface area contributed by atoms with Crippen LogP contribution in [0.15, 0.2) is 57.4 Å². The summed E-state index contributed by atoms with van der Waals surface area (Å²) in [5, 5.41) is 8.83. The van der Waals surface area contributed by atoms with Crippen molar-refractivity contribution in [3.8, 4) is 11.5 Å². The Bertz CT molecular complexity index is 1260. The van der Waals surface area contributed by atoms with Gasteiger partial charge in [0.2, 0.25) is 17.7 Å². The van der Waals surface area contributed by atoms with Gasteiger partial charge in [0.1, 0.15) is 5.52 Å². The molecule has 4 aromatic rings. The summed E-state index contributed by atoms with van der Waals surface area (Å²) in [4.78, 5) is 21.9. The van der Waals surface area contributed by atoms with Gasteiger partial charge in [-0.15, -0.1) is 10.2 Å². The Labute approximate surface area is 202 Å². The predicted molar refractivity (Wildman–Crippen MR) is 129 cm³/mol. The van der Waals surface area contributed by atoms with Crippen molar-refractivity contribution in [3.05, 3.63) is 59.4 Å². The number of benzene rings is 2. The summed E-state index contributed by atoms with van der Waals surface area (Å²) in [5.74, 6) is 0.767. The minimum Gasteiger partial charge on any atom is -0.423 e. The van der Waals surface area contributed by atoms with Crippen molar-refractivity contribution >= 4 is 34.6 Å². The molecule has 0 spiro atoms. The highest BCUT2D eigenvalue weighted by Crippen LogP contribution is 2.29. The monoisotopic (exact) mass is 479 g/mol. The molecule has 0 unspecified atom stereocenters. The quantitative estimate of drug-likeness (QED) is 0.376. The lowest BCUT2D eigenvalue weighted by Crippen LogP contribution is -2.45. The second kappa shape index (κ2) is 9.46. The molecule has 34 heavy (non-hydrogen) atoms. The van der Waals surface area contributed by atoms with Crippen LogP contribution >= 0.6 is 11.6 Å². The number of anilines is 1. The number of hydrogen-bond acceptors (Lipinski definition) is 7. The number of oxazole rings is 1. The zero-order valence-electron chi connectivity index (χ0n) is 19.1. The van der Waals surface area contributed by atoms with Gasteiger partial charge in [0, 0.05) is 25.0 Å². The van der Waals surface area contributed by atoms with Crippen molar-refractivity contribution in [2.24, 2.45) is 5.92 Å². The minimum absolute atomic E-state index is 0.00164. The van der Waals surface area contributed by atoms with Crippen LogP contribution in [0.25, 0.3) is 22.6 Å². The van der Waals surface area contributed by atoms with E-state index in [-0.39, 0.29) is 24.4 Å². The van der Waals surface area contributed by atoms with E-state index < -0.39 is 0 Å². The first-order valence-electron chi connectivity index (χ1n) is 11.5. The maximum atomic E-state index is 13.4. The van der Waals surface area contributed by atoms with E-state index in [1.165, 1.54) is 0 Å². The Morgan fingerprint density at radius 1 is 1.09 bits per heavy atom. The van der Waals surface area contributed by atoms with Gasteiger partial charge in [-0.3, -0.25) is 4.79 Å². The van der Waals surface area contributed by atoms with Crippen molar-refractivity contribution < 1.29 is 13.6 Å². The van der Waals surface area contributed by atoms with Gasteiger partial charge < -0.3 is 18.6 Å². The van der Waals surface area contributed by atoms with Crippen molar-refractivity contribution in [1.82, 2.24) is 20.1 Å². The van der Waals surface area contributed by atoms with Crippen LogP contribution in [-0.2, 0) is 11.3 Å². The van der Waals surface area contributed by atoms with Crippen molar-refractivity contribution in [2.45, 2.75) is 39.3 Å². The van der Waals surface area contributed by atoms with Crippen molar-refractivity contribution in [2.75, 3.05) is 18.0 Å². The van der Waals surface area contributed by atoms with Crippen LogP contribution in [0.2, 0.25) is 5.02 Å². The molecule has 0 radical (unpaired) electrons. The maximum absolute atomic E-state index is 13.4. The molecule has 0 atom stereocenters. The van der Waals surface area contributed by atoms with Crippen LogP contribution in [-0.4, -0.2) is 45.1 Å². The largest absolute Gasteiger partial charge is 0.423 e. The first-order chi connectivity index (χ1) is 16.5. The Morgan fingerprint density at radius 2 is 1.82 bits per heavy atom. The molecule has 1 aliphatic heterocycles. The smallest absolute Gasteiger partial charge is 0.298 e. The third-order valence-corrected chi connectivity index (χ3v) is 6.51. The topological polar surface area (TPSA) is 88.5 Å². The maximum Gasteiger partial charge on any atom is 0.298 e. The number of aromatic nitrogens is 3. The van der Waals surface area contributed by atoms with Gasteiger partial charge in [0.15, 0.2) is 5.58 Å². The molecule has 0 N–H and O–H groups in total. The van der Waals surface area contributed by atoms with Gasteiger partial charge in [-0.25, -0.2) is 0 Å². The molecular formula is C25H26ClN5O3. The molecule has 2 aromatic heterocycles. The minimum atomic E-state index is -0.0750. The second-order valence-corrected chi connectivity index (χ2v) is 9.17. The summed E-state index contributed by atoms with van der Waals surface area (Å²) in [7, 11) is 0. The zero-order valence-corrected chi connectivity index (χ0v) is 19.9. The van der Waals surface area contributed by atoms with Crippen molar-refractivity contribution in [3.63, 3.8) is 0 Å². The number of halogens is 1. The van der Waals surface area contributed by atoms with Crippen LogP contribution in [0.4, 0.5) is 6.01 Å². The Balaban J connectivity index is 1.24. The number of fused-ring (bicyclic) bond motifs is 1. The number of para-hydroxylation sites is 2. The van der Waals surface area contributed by atoms with Gasteiger partial charge in [-0.1, -0.05) is 35.9 Å². The van der Waals surface area contributed by atoms with E-state index in [1.54, 1.807) is 6.07 Å². The summed E-state index contributed by atoms with van der Waals surface area (Å²) in [5.41, 5.74) is 2.30. The zero-order chi connectivity index (χ0) is 23.7. The SMILES string of the molecule is CC(C)N(Cc1nnc(-c2ccccc2Cl)o1)C(=O)C1CCN(c2nc3ccccc3o2)CC1. The summed E-state index contributed by atoms with van der Waals surface area (Å²) in [6.07, 6.45) is 1.46. The normalized spacial score (nSPS) is 14.8. The molecule has 9 heteroatoms. The average Bonchev–Trinajstić information content (AvgIpc) is 3.49. The molecule has 2 aromatic carbocycles. The molecule has 5 rings (SSSR count). The molecule has 176 valence electrons. The molecule has 1 amide bonds. The lowest BCUT2D eigenvalue weighted by molar-refractivity contribution is -0.139. The number of rotatable bonds is 6. The highest BCUT2D eigenvalue weighted by molar-refractivity contribution is 6.33. The fourth-order valence-corrected chi connectivity index (χ4v) is 4.49. The number of hydrogen-bond donors (Lipinski definition) is 0. The Hall–Kier alpha value is -3.39.